The Morgan fingerprint density at radius 1 is 1.69 bits per heavy atom. The van der Waals surface area contributed by atoms with E-state index >= 15 is 0 Å². The van der Waals surface area contributed by atoms with Crippen LogP contribution in [0.25, 0.3) is 0 Å². The summed E-state index contributed by atoms with van der Waals surface area (Å²) in [5, 5.41) is 14.2. The quantitative estimate of drug-likeness (QED) is 0.204. The van der Waals surface area contributed by atoms with Gasteiger partial charge in [0.15, 0.2) is 0 Å². The van der Waals surface area contributed by atoms with Crippen molar-refractivity contribution < 1.29 is 4.85 Å². The normalized spacial score (nSPS) is 10.5. The van der Waals surface area contributed by atoms with Crippen molar-refractivity contribution in [3.05, 3.63) is 29.2 Å². The zero-order valence-corrected chi connectivity index (χ0v) is 7.21. The second-order valence-corrected chi connectivity index (χ2v) is 2.49. The van der Waals surface area contributed by atoms with Crippen molar-refractivity contribution in [2.24, 2.45) is 23.6 Å². The number of hydrazone groups is 1. The van der Waals surface area contributed by atoms with E-state index in [1.54, 1.807) is 0 Å². The minimum atomic E-state index is -0.384. The smallest absolute Gasteiger partial charge is 0.366 e. The van der Waals surface area contributed by atoms with Gasteiger partial charge in [-0.3, -0.25) is 11.5 Å². The molecule has 1 rings (SSSR count). The molecule has 0 aromatic carbocycles. The van der Waals surface area contributed by atoms with E-state index in [0.717, 1.165) is 5.69 Å². The molecular formula is C7H11N5O. The number of aromatic nitrogens is 1. The average Bonchev–Trinajstić information content (AvgIpc) is 2.47. The third kappa shape index (κ3) is 2.22. The van der Waals surface area contributed by atoms with Gasteiger partial charge < -0.3 is 9.77 Å². The standard InChI is InChI=1S/C7H11N5O/c1-11-4-2-3-6(11)5-10-12(13)7(8)9/h2-5H,8-9H2,1H3/b10-5+. The van der Waals surface area contributed by atoms with Crippen LogP contribution < -0.4 is 11.5 Å². The topological polar surface area (TPSA) is 95.4 Å². The van der Waals surface area contributed by atoms with Crippen LogP contribution in [0, 0.1) is 5.21 Å². The molecule has 0 aliphatic heterocycles. The zero-order valence-electron chi connectivity index (χ0n) is 7.21. The first-order valence-corrected chi connectivity index (χ1v) is 3.61. The first-order valence-electron chi connectivity index (χ1n) is 3.61. The minimum absolute atomic E-state index is 0.160. The van der Waals surface area contributed by atoms with E-state index in [1.807, 2.05) is 29.9 Å². The van der Waals surface area contributed by atoms with Crippen LogP contribution in [0.5, 0.6) is 0 Å². The van der Waals surface area contributed by atoms with Gasteiger partial charge in [-0.25, -0.2) is 0 Å². The number of guanidine groups is 1. The van der Waals surface area contributed by atoms with Crippen LogP contribution in [0.15, 0.2) is 23.4 Å². The van der Waals surface area contributed by atoms with Gasteiger partial charge in [-0.05, 0) is 12.1 Å². The van der Waals surface area contributed by atoms with Gasteiger partial charge in [-0.15, -0.1) is 9.95 Å². The molecule has 0 bridgehead atoms. The lowest BCUT2D eigenvalue weighted by atomic mass is 10.5. The molecule has 0 atom stereocenters. The van der Waals surface area contributed by atoms with E-state index in [1.165, 1.54) is 6.21 Å². The summed E-state index contributed by atoms with van der Waals surface area (Å²) in [6.45, 7) is 0. The van der Waals surface area contributed by atoms with E-state index in [-0.39, 0.29) is 10.8 Å². The molecule has 1 heterocycles. The average molecular weight is 181 g/mol. The SMILES string of the molecule is Cn1cccc1/C=N/[N+]([O-])=C(N)N. The Morgan fingerprint density at radius 3 is 2.85 bits per heavy atom. The van der Waals surface area contributed by atoms with Crippen molar-refractivity contribution in [2.45, 2.75) is 0 Å². The first kappa shape index (κ1) is 9.11. The lowest BCUT2D eigenvalue weighted by Gasteiger charge is -2.02. The molecule has 6 nitrogen and oxygen atoms in total. The summed E-state index contributed by atoms with van der Waals surface area (Å²) in [7, 11) is 1.84. The fraction of sp³-hybridized carbons (Fsp3) is 0.143. The maximum Gasteiger partial charge on any atom is 0.366 e. The maximum absolute atomic E-state index is 10.8. The molecule has 1 aromatic heterocycles. The Bertz CT molecular complexity index is 348. The molecule has 0 fully saturated rings. The van der Waals surface area contributed by atoms with Crippen LogP contribution in [0.4, 0.5) is 0 Å². The highest BCUT2D eigenvalue weighted by Crippen LogP contribution is 1.94. The number of aryl methyl sites for hydroxylation is 1. The highest BCUT2D eigenvalue weighted by molar-refractivity contribution is 5.77. The van der Waals surface area contributed by atoms with Crippen molar-refractivity contribution in [3.63, 3.8) is 0 Å². The summed E-state index contributed by atoms with van der Waals surface area (Å²) >= 11 is 0. The van der Waals surface area contributed by atoms with Gasteiger partial charge in [-0.2, -0.15) is 0 Å². The molecule has 0 aliphatic carbocycles. The van der Waals surface area contributed by atoms with Crippen LogP contribution in [0.3, 0.4) is 0 Å². The van der Waals surface area contributed by atoms with Gasteiger partial charge in [0.05, 0.1) is 11.9 Å². The predicted octanol–water partition coefficient (Wildman–Crippen LogP) is -0.857. The molecule has 13 heavy (non-hydrogen) atoms. The Kier molecular flexibility index (Phi) is 2.53. The number of hydrogen-bond donors (Lipinski definition) is 2. The third-order valence-corrected chi connectivity index (χ3v) is 1.50. The van der Waals surface area contributed by atoms with E-state index in [4.69, 9.17) is 11.5 Å². The largest absolute Gasteiger partial charge is 0.722 e. The minimum Gasteiger partial charge on any atom is -0.722 e. The van der Waals surface area contributed by atoms with Crippen molar-refractivity contribution in [3.8, 4) is 0 Å². The number of nitrogens with zero attached hydrogens (tertiary/aromatic N) is 3. The van der Waals surface area contributed by atoms with E-state index in [0.29, 0.717) is 0 Å². The van der Waals surface area contributed by atoms with Crippen molar-refractivity contribution in [1.82, 2.24) is 4.57 Å². The molecule has 1 aromatic rings. The Morgan fingerprint density at radius 2 is 2.38 bits per heavy atom. The van der Waals surface area contributed by atoms with Crippen molar-refractivity contribution in [1.29, 1.82) is 0 Å². The summed E-state index contributed by atoms with van der Waals surface area (Å²) < 4.78 is 1.81. The summed E-state index contributed by atoms with van der Waals surface area (Å²) in [5.74, 6) is -0.384. The molecule has 0 spiro atoms. The molecule has 0 amide bonds. The second-order valence-electron chi connectivity index (χ2n) is 2.49. The fourth-order valence-electron chi connectivity index (χ4n) is 0.787. The molecule has 6 heteroatoms. The van der Waals surface area contributed by atoms with Gasteiger partial charge in [0.1, 0.15) is 0 Å². The van der Waals surface area contributed by atoms with Crippen molar-refractivity contribution >= 4 is 12.2 Å². The highest BCUT2D eigenvalue weighted by atomic mass is 16.5. The van der Waals surface area contributed by atoms with Gasteiger partial charge in [0, 0.05) is 13.2 Å². The van der Waals surface area contributed by atoms with Crippen LogP contribution in [0.2, 0.25) is 0 Å². The molecule has 0 aliphatic rings. The van der Waals surface area contributed by atoms with E-state index in [2.05, 4.69) is 5.10 Å². The van der Waals surface area contributed by atoms with Crippen LogP contribution in [-0.2, 0) is 7.05 Å². The summed E-state index contributed by atoms with van der Waals surface area (Å²) in [6, 6.07) is 3.65. The molecule has 0 saturated carbocycles. The maximum atomic E-state index is 10.8. The number of hydrogen-bond acceptors (Lipinski definition) is 2. The summed E-state index contributed by atoms with van der Waals surface area (Å²) in [5.41, 5.74) is 10.8. The Balaban J connectivity index is 2.81. The predicted molar refractivity (Wildman–Crippen MR) is 50.0 cm³/mol. The molecule has 0 unspecified atom stereocenters. The van der Waals surface area contributed by atoms with E-state index < -0.39 is 0 Å². The molecule has 0 saturated heterocycles. The van der Waals surface area contributed by atoms with Crippen LogP contribution >= 0.6 is 0 Å². The Labute approximate surface area is 75.3 Å². The molecule has 4 N–H and O–H groups in total. The number of nitrogens with two attached hydrogens (primary N) is 2. The first-order chi connectivity index (χ1) is 6.11. The highest BCUT2D eigenvalue weighted by Gasteiger charge is 1.92. The van der Waals surface area contributed by atoms with Gasteiger partial charge in [0.25, 0.3) is 0 Å². The van der Waals surface area contributed by atoms with Gasteiger partial charge >= 0.3 is 5.96 Å². The number of rotatable bonds is 2. The summed E-state index contributed by atoms with van der Waals surface area (Å²) in [4.78, 5) is 0.160. The lowest BCUT2D eigenvalue weighted by Crippen LogP contribution is -2.30. The lowest BCUT2D eigenvalue weighted by molar-refractivity contribution is -0.463. The third-order valence-electron chi connectivity index (χ3n) is 1.50. The molecule has 0 radical (unpaired) electrons. The molecular weight excluding hydrogens is 170 g/mol. The fourth-order valence-corrected chi connectivity index (χ4v) is 0.787. The zero-order chi connectivity index (χ0) is 9.84. The van der Waals surface area contributed by atoms with Gasteiger partial charge in [0.2, 0.25) is 0 Å². The van der Waals surface area contributed by atoms with E-state index in [9.17, 15) is 5.21 Å². The van der Waals surface area contributed by atoms with Gasteiger partial charge in [-0.1, -0.05) is 0 Å². The molecule has 70 valence electrons. The monoisotopic (exact) mass is 181 g/mol. The second kappa shape index (κ2) is 3.61. The van der Waals surface area contributed by atoms with Crippen molar-refractivity contribution in [2.75, 3.05) is 0 Å². The Hall–Kier alpha value is -1.98. The van der Waals surface area contributed by atoms with Crippen LogP contribution in [0.1, 0.15) is 5.69 Å². The summed E-state index contributed by atoms with van der Waals surface area (Å²) in [6.07, 6.45) is 3.22. The van der Waals surface area contributed by atoms with Crippen LogP contribution in [-0.4, -0.2) is 21.6 Å².